The number of halogens is 1. The summed E-state index contributed by atoms with van der Waals surface area (Å²) >= 11 is 2.86. The Balaban J connectivity index is 1.76. The number of methoxy groups -OCH3 is 1. The van der Waals surface area contributed by atoms with Crippen molar-refractivity contribution in [3.05, 3.63) is 56.0 Å². The van der Waals surface area contributed by atoms with Gasteiger partial charge >= 0.3 is 0 Å². The van der Waals surface area contributed by atoms with Crippen molar-refractivity contribution < 1.29 is 23.9 Å². The number of anilines is 1. The van der Waals surface area contributed by atoms with Crippen LogP contribution in [0.5, 0.6) is 11.5 Å². The summed E-state index contributed by atoms with van der Waals surface area (Å²) in [6, 6.07) is 10.7. The van der Waals surface area contributed by atoms with Gasteiger partial charge in [-0.15, -0.1) is 6.42 Å². The van der Waals surface area contributed by atoms with Crippen molar-refractivity contribution >= 4 is 63.2 Å². The Bertz CT molecular complexity index is 1160. The van der Waals surface area contributed by atoms with Crippen LogP contribution in [0.25, 0.3) is 6.08 Å². The van der Waals surface area contributed by atoms with Gasteiger partial charge in [0.1, 0.15) is 13.2 Å². The summed E-state index contributed by atoms with van der Waals surface area (Å²) in [5, 5.41) is 2.23. The van der Waals surface area contributed by atoms with E-state index in [1.165, 1.54) is 7.11 Å². The Morgan fingerprint density at radius 1 is 1.31 bits per heavy atom. The number of rotatable bonds is 7. The van der Waals surface area contributed by atoms with Gasteiger partial charge in [-0.1, -0.05) is 24.1 Å². The maximum Gasteiger partial charge on any atom is 0.294 e. The topological polar surface area (TPSA) is 84.9 Å². The van der Waals surface area contributed by atoms with E-state index in [4.69, 9.17) is 15.9 Å². The number of hydrogen-bond acceptors (Lipinski definition) is 6. The third-order valence-electron chi connectivity index (χ3n) is 4.44. The van der Waals surface area contributed by atoms with E-state index >= 15 is 0 Å². The summed E-state index contributed by atoms with van der Waals surface area (Å²) in [6.07, 6.45) is 6.83. The third-order valence-corrected chi connectivity index (χ3v) is 6.15. The van der Waals surface area contributed by atoms with E-state index in [0.717, 1.165) is 25.8 Å². The van der Waals surface area contributed by atoms with Crippen LogP contribution in [-0.2, 0) is 9.59 Å². The highest BCUT2D eigenvalue weighted by atomic mass is 127. The molecule has 2 aromatic rings. The molecule has 1 saturated heterocycles. The van der Waals surface area contributed by atoms with E-state index in [1.807, 2.05) is 19.1 Å². The first kappa shape index (κ1) is 23.7. The highest BCUT2D eigenvalue weighted by Crippen LogP contribution is 2.37. The average Bonchev–Trinajstić information content (AvgIpc) is 3.01. The molecule has 0 unspecified atom stereocenters. The van der Waals surface area contributed by atoms with E-state index in [9.17, 15) is 14.4 Å². The Labute approximate surface area is 203 Å². The number of benzene rings is 2. The number of carbonyl (C=O) groups excluding carboxylic acids is 3. The van der Waals surface area contributed by atoms with Crippen LogP contribution >= 0.6 is 34.4 Å². The third kappa shape index (κ3) is 5.44. The van der Waals surface area contributed by atoms with Crippen LogP contribution in [-0.4, -0.2) is 42.2 Å². The minimum Gasteiger partial charge on any atom is -0.493 e. The highest BCUT2D eigenvalue weighted by Gasteiger charge is 2.36. The zero-order chi connectivity index (χ0) is 23.3. The number of nitrogens with one attached hydrogen (secondary N) is 1. The number of nitrogens with zero attached hydrogens (tertiary/aromatic N) is 1. The van der Waals surface area contributed by atoms with Crippen molar-refractivity contribution in [2.24, 2.45) is 0 Å². The van der Waals surface area contributed by atoms with Crippen molar-refractivity contribution in [1.29, 1.82) is 0 Å². The van der Waals surface area contributed by atoms with Crippen LogP contribution in [0.1, 0.15) is 11.1 Å². The maximum atomic E-state index is 12.8. The molecule has 1 aliphatic heterocycles. The molecule has 3 amide bonds. The van der Waals surface area contributed by atoms with Crippen LogP contribution in [0.4, 0.5) is 10.5 Å². The Morgan fingerprint density at radius 2 is 2.06 bits per heavy atom. The Hall–Kier alpha value is -2.97. The Kier molecular flexibility index (Phi) is 7.82. The van der Waals surface area contributed by atoms with Crippen molar-refractivity contribution in [3.63, 3.8) is 0 Å². The lowest BCUT2D eigenvalue weighted by molar-refractivity contribution is -0.127. The minimum absolute atomic E-state index is 0.0924. The summed E-state index contributed by atoms with van der Waals surface area (Å²) in [5.74, 6) is 2.38. The molecule has 0 radical (unpaired) electrons. The van der Waals surface area contributed by atoms with Crippen LogP contribution < -0.4 is 14.8 Å². The lowest BCUT2D eigenvalue weighted by atomic mass is 10.2. The average molecular weight is 562 g/mol. The molecule has 9 heteroatoms. The first-order chi connectivity index (χ1) is 15.3. The largest absolute Gasteiger partial charge is 0.493 e. The number of imide groups is 1. The molecule has 0 aromatic heterocycles. The maximum absolute atomic E-state index is 12.8. The lowest BCUT2D eigenvalue weighted by Crippen LogP contribution is -2.36. The molecule has 1 aliphatic rings. The van der Waals surface area contributed by atoms with Gasteiger partial charge in [0.25, 0.3) is 11.1 Å². The van der Waals surface area contributed by atoms with Crippen LogP contribution in [0.3, 0.4) is 0 Å². The number of aryl methyl sites for hydroxylation is 1. The van der Waals surface area contributed by atoms with Gasteiger partial charge in [0.2, 0.25) is 5.91 Å². The normalized spacial score (nSPS) is 14.4. The van der Waals surface area contributed by atoms with E-state index in [1.54, 1.807) is 30.3 Å². The van der Waals surface area contributed by atoms with Gasteiger partial charge in [-0.25, -0.2) is 0 Å². The SMILES string of the molecule is C#CCOc1c(I)cc(/C=C2/SC(=O)N(CC(=O)Nc3ccccc3C)C2=O)cc1OC. The van der Waals surface area contributed by atoms with Gasteiger partial charge < -0.3 is 14.8 Å². The van der Waals surface area contributed by atoms with Gasteiger partial charge in [0, 0.05) is 5.69 Å². The fourth-order valence-corrected chi connectivity index (χ4v) is 4.53. The molecule has 1 fully saturated rings. The van der Waals surface area contributed by atoms with Crippen molar-refractivity contribution in [2.75, 3.05) is 25.6 Å². The molecule has 2 aromatic carbocycles. The summed E-state index contributed by atoms with van der Waals surface area (Å²) in [6.45, 7) is 1.59. The summed E-state index contributed by atoms with van der Waals surface area (Å²) in [4.78, 5) is 38.7. The lowest BCUT2D eigenvalue weighted by Gasteiger charge is -2.13. The second-order valence-corrected chi connectivity index (χ2v) is 8.81. The van der Waals surface area contributed by atoms with Crippen LogP contribution in [0.15, 0.2) is 41.3 Å². The predicted octanol–water partition coefficient (Wildman–Crippen LogP) is 4.30. The number of ether oxygens (including phenoxy) is 2. The fourth-order valence-electron chi connectivity index (χ4n) is 2.91. The van der Waals surface area contributed by atoms with Crippen LogP contribution in [0, 0.1) is 22.8 Å². The molecule has 1 heterocycles. The number of carbonyl (C=O) groups is 3. The van der Waals surface area contributed by atoms with E-state index < -0.39 is 17.1 Å². The second kappa shape index (κ2) is 10.6. The number of amides is 3. The number of para-hydroxylation sites is 1. The molecular formula is C23H19IN2O5S. The van der Waals surface area contributed by atoms with Gasteiger partial charge in [0.15, 0.2) is 11.5 Å². The number of terminal acetylenes is 1. The molecular weight excluding hydrogens is 543 g/mol. The fraction of sp³-hybridized carbons (Fsp3) is 0.174. The molecule has 0 spiro atoms. The van der Waals surface area contributed by atoms with Gasteiger partial charge in [0.05, 0.1) is 15.6 Å². The molecule has 0 saturated carbocycles. The molecule has 3 rings (SSSR count). The molecule has 7 nitrogen and oxygen atoms in total. The van der Waals surface area contributed by atoms with Crippen molar-refractivity contribution in [1.82, 2.24) is 4.90 Å². The zero-order valence-corrected chi connectivity index (χ0v) is 20.3. The predicted molar refractivity (Wildman–Crippen MR) is 133 cm³/mol. The van der Waals surface area contributed by atoms with Gasteiger partial charge in [-0.05, 0) is 76.7 Å². The molecule has 0 aliphatic carbocycles. The first-order valence-corrected chi connectivity index (χ1v) is 11.3. The van der Waals surface area contributed by atoms with E-state index in [0.29, 0.717) is 22.7 Å². The quantitative estimate of drug-likeness (QED) is 0.308. The highest BCUT2D eigenvalue weighted by molar-refractivity contribution is 14.1. The minimum atomic E-state index is -0.526. The van der Waals surface area contributed by atoms with E-state index in [2.05, 4.69) is 33.8 Å². The smallest absolute Gasteiger partial charge is 0.294 e. The summed E-state index contributed by atoms with van der Waals surface area (Å²) < 4.78 is 11.6. The Morgan fingerprint density at radius 3 is 2.75 bits per heavy atom. The molecule has 164 valence electrons. The van der Waals surface area contributed by atoms with Gasteiger partial charge in [-0.2, -0.15) is 0 Å². The number of thioether (sulfide) groups is 1. The molecule has 0 bridgehead atoms. The second-order valence-electron chi connectivity index (χ2n) is 6.66. The van der Waals surface area contributed by atoms with Gasteiger partial charge in [-0.3, -0.25) is 19.3 Å². The summed E-state index contributed by atoms with van der Waals surface area (Å²) in [7, 11) is 1.50. The van der Waals surface area contributed by atoms with Crippen molar-refractivity contribution in [3.8, 4) is 23.8 Å². The molecule has 1 N–H and O–H groups in total. The van der Waals surface area contributed by atoms with Crippen molar-refractivity contribution in [2.45, 2.75) is 6.92 Å². The zero-order valence-electron chi connectivity index (χ0n) is 17.3. The molecule has 32 heavy (non-hydrogen) atoms. The molecule has 0 atom stereocenters. The monoisotopic (exact) mass is 562 g/mol. The number of hydrogen-bond donors (Lipinski definition) is 1. The first-order valence-electron chi connectivity index (χ1n) is 9.38. The van der Waals surface area contributed by atoms with Crippen LogP contribution in [0.2, 0.25) is 0 Å². The standard InChI is InChI=1S/C23H19IN2O5S/c1-4-9-31-21-16(24)10-15(11-18(21)30-3)12-19-22(28)26(23(29)32-19)13-20(27)25-17-8-6-5-7-14(17)2/h1,5-8,10-12H,9,13H2,2-3H3,(H,25,27)/b19-12+. The summed E-state index contributed by atoms with van der Waals surface area (Å²) in [5.41, 5.74) is 2.16. The van der Waals surface area contributed by atoms with E-state index in [-0.39, 0.29) is 18.1 Å².